The molecule has 0 aliphatic carbocycles. The van der Waals surface area contributed by atoms with Gasteiger partial charge in [0.1, 0.15) is 0 Å². The van der Waals surface area contributed by atoms with E-state index in [4.69, 9.17) is 5.73 Å². The summed E-state index contributed by atoms with van der Waals surface area (Å²) in [5, 5.41) is 3.20. The van der Waals surface area contributed by atoms with Crippen molar-refractivity contribution in [2.45, 2.75) is 17.7 Å². The molecule has 7 heteroatoms. The van der Waals surface area contributed by atoms with Gasteiger partial charge in [0.15, 0.2) is 0 Å². The van der Waals surface area contributed by atoms with E-state index >= 15 is 0 Å². The summed E-state index contributed by atoms with van der Waals surface area (Å²) in [4.78, 5) is 16.2. The Hall–Kier alpha value is -2.02. The van der Waals surface area contributed by atoms with Crippen LogP contribution >= 0.6 is 11.8 Å². The van der Waals surface area contributed by atoms with Crippen molar-refractivity contribution in [3.8, 4) is 0 Å². The van der Waals surface area contributed by atoms with Gasteiger partial charge in [0.2, 0.25) is 17.8 Å². The van der Waals surface area contributed by atoms with Gasteiger partial charge < -0.3 is 16.0 Å². The molecule has 0 atom stereocenters. The van der Waals surface area contributed by atoms with Gasteiger partial charge in [-0.15, -0.1) is 11.8 Å². The van der Waals surface area contributed by atoms with E-state index < -0.39 is 0 Å². The minimum absolute atomic E-state index is 0.246. The van der Waals surface area contributed by atoms with E-state index in [-0.39, 0.29) is 5.95 Å². The first-order chi connectivity index (χ1) is 10.2. The van der Waals surface area contributed by atoms with Gasteiger partial charge in [-0.2, -0.15) is 15.0 Å². The molecule has 1 aliphatic heterocycles. The fourth-order valence-corrected chi connectivity index (χ4v) is 2.78. The van der Waals surface area contributed by atoms with Crippen LogP contribution in [-0.2, 0) is 0 Å². The molecule has 2 heterocycles. The molecule has 1 saturated heterocycles. The maximum atomic E-state index is 5.80. The number of nitrogen functional groups attached to an aromatic ring is 1. The van der Waals surface area contributed by atoms with Gasteiger partial charge in [-0.3, -0.25) is 0 Å². The molecule has 0 bridgehead atoms. The van der Waals surface area contributed by atoms with Crippen LogP contribution in [0, 0.1) is 0 Å². The normalized spacial score (nSPS) is 14.4. The zero-order valence-corrected chi connectivity index (χ0v) is 12.7. The molecule has 2 aromatic rings. The number of nitrogens with one attached hydrogen (secondary N) is 1. The molecule has 0 spiro atoms. The summed E-state index contributed by atoms with van der Waals surface area (Å²) in [6.07, 6.45) is 4.39. The van der Waals surface area contributed by atoms with Gasteiger partial charge in [0.05, 0.1) is 0 Å². The van der Waals surface area contributed by atoms with Crippen molar-refractivity contribution in [1.82, 2.24) is 15.0 Å². The predicted octanol–water partition coefficient (Wildman–Crippen LogP) is 2.52. The van der Waals surface area contributed by atoms with Crippen LogP contribution in [0.25, 0.3) is 0 Å². The van der Waals surface area contributed by atoms with Crippen molar-refractivity contribution in [2.24, 2.45) is 0 Å². The Kier molecular flexibility index (Phi) is 4.10. The summed E-state index contributed by atoms with van der Waals surface area (Å²) in [7, 11) is 0. The third-order valence-electron chi connectivity index (χ3n) is 3.36. The van der Waals surface area contributed by atoms with Crippen LogP contribution in [0.5, 0.6) is 0 Å². The molecule has 110 valence electrons. The smallest absolute Gasteiger partial charge is 0.233 e. The third kappa shape index (κ3) is 3.36. The van der Waals surface area contributed by atoms with Crippen molar-refractivity contribution >= 4 is 35.3 Å². The lowest BCUT2D eigenvalue weighted by atomic mass is 10.3. The van der Waals surface area contributed by atoms with Crippen molar-refractivity contribution in [2.75, 3.05) is 35.3 Å². The zero-order valence-electron chi connectivity index (χ0n) is 11.9. The highest BCUT2D eigenvalue weighted by atomic mass is 32.2. The van der Waals surface area contributed by atoms with E-state index in [1.165, 1.54) is 17.7 Å². The van der Waals surface area contributed by atoms with Crippen LogP contribution in [0.3, 0.4) is 0 Å². The third-order valence-corrected chi connectivity index (χ3v) is 4.08. The molecule has 1 aromatic carbocycles. The number of nitrogens with two attached hydrogens (primary N) is 1. The Bertz CT molecular complexity index is 627. The number of hydrogen-bond donors (Lipinski definition) is 2. The highest BCUT2D eigenvalue weighted by Crippen LogP contribution is 2.23. The van der Waals surface area contributed by atoms with Crippen LogP contribution < -0.4 is 16.0 Å². The monoisotopic (exact) mass is 302 g/mol. The molecule has 6 nitrogen and oxygen atoms in total. The van der Waals surface area contributed by atoms with Gasteiger partial charge in [0, 0.05) is 23.7 Å². The van der Waals surface area contributed by atoms with Gasteiger partial charge in [-0.25, -0.2) is 0 Å². The first-order valence-corrected chi connectivity index (χ1v) is 8.14. The Morgan fingerprint density at radius 3 is 2.76 bits per heavy atom. The minimum atomic E-state index is 0.246. The molecule has 21 heavy (non-hydrogen) atoms. The van der Waals surface area contributed by atoms with Crippen molar-refractivity contribution in [1.29, 1.82) is 0 Å². The second-order valence-electron chi connectivity index (χ2n) is 4.87. The van der Waals surface area contributed by atoms with Crippen LogP contribution in [0.15, 0.2) is 29.2 Å². The van der Waals surface area contributed by atoms with E-state index in [9.17, 15) is 0 Å². The average molecular weight is 302 g/mol. The number of benzene rings is 1. The molecule has 0 radical (unpaired) electrons. The van der Waals surface area contributed by atoms with E-state index in [1.54, 1.807) is 11.8 Å². The topological polar surface area (TPSA) is 80.0 Å². The van der Waals surface area contributed by atoms with E-state index in [0.29, 0.717) is 11.9 Å². The molecule has 0 unspecified atom stereocenters. The summed E-state index contributed by atoms with van der Waals surface area (Å²) in [6, 6.07) is 8.10. The second kappa shape index (κ2) is 6.17. The minimum Gasteiger partial charge on any atom is -0.368 e. The van der Waals surface area contributed by atoms with Crippen molar-refractivity contribution in [3.63, 3.8) is 0 Å². The van der Waals surface area contributed by atoms with E-state index in [1.807, 2.05) is 18.4 Å². The van der Waals surface area contributed by atoms with E-state index in [2.05, 4.69) is 37.3 Å². The molecule has 0 saturated carbocycles. The highest BCUT2D eigenvalue weighted by Gasteiger charge is 2.16. The average Bonchev–Trinajstić information content (AvgIpc) is 3.01. The second-order valence-corrected chi connectivity index (χ2v) is 5.75. The lowest BCUT2D eigenvalue weighted by Crippen LogP contribution is -2.21. The number of nitrogens with zero attached hydrogens (tertiary/aromatic N) is 4. The predicted molar refractivity (Wildman–Crippen MR) is 87.2 cm³/mol. The molecule has 3 N–H and O–H groups in total. The van der Waals surface area contributed by atoms with Gasteiger partial charge in [0.25, 0.3) is 0 Å². The number of anilines is 4. The maximum absolute atomic E-state index is 5.80. The van der Waals surface area contributed by atoms with Crippen LogP contribution in [0.2, 0.25) is 0 Å². The van der Waals surface area contributed by atoms with Crippen LogP contribution in [0.4, 0.5) is 23.5 Å². The summed E-state index contributed by atoms with van der Waals surface area (Å²) in [5.41, 5.74) is 6.75. The molecule has 1 aliphatic rings. The summed E-state index contributed by atoms with van der Waals surface area (Å²) in [6.45, 7) is 1.95. The first-order valence-electron chi connectivity index (χ1n) is 6.92. The first kappa shape index (κ1) is 13.9. The maximum Gasteiger partial charge on any atom is 0.233 e. The largest absolute Gasteiger partial charge is 0.368 e. The van der Waals surface area contributed by atoms with Crippen molar-refractivity contribution < 1.29 is 0 Å². The van der Waals surface area contributed by atoms with Gasteiger partial charge >= 0.3 is 0 Å². The molecule has 3 rings (SSSR count). The Labute approximate surface area is 128 Å². The fraction of sp³-hybridized carbons (Fsp3) is 0.357. The molecule has 1 fully saturated rings. The summed E-state index contributed by atoms with van der Waals surface area (Å²) >= 11 is 1.69. The van der Waals surface area contributed by atoms with Crippen LogP contribution in [0.1, 0.15) is 12.8 Å². The number of aromatic nitrogens is 3. The molecule has 0 amide bonds. The number of hydrogen-bond acceptors (Lipinski definition) is 7. The van der Waals surface area contributed by atoms with E-state index in [0.717, 1.165) is 18.8 Å². The number of rotatable bonds is 4. The summed E-state index contributed by atoms with van der Waals surface area (Å²) in [5.74, 6) is 1.39. The zero-order chi connectivity index (χ0) is 14.7. The van der Waals surface area contributed by atoms with Gasteiger partial charge in [-0.1, -0.05) is 6.07 Å². The van der Waals surface area contributed by atoms with Crippen molar-refractivity contribution in [3.05, 3.63) is 24.3 Å². The quantitative estimate of drug-likeness (QED) is 0.840. The Morgan fingerprint density at radius 1 is 1.19 bits per heavy atom. The van der Waals surface area contributed by atoms with Crippen LogP contribution in [-0.4, -0.2) is 34.3 Å². The fourth-order valence-electron chi connectivity index (χ4n) is 2.33. The Morgan fingerprint density at radius 2 is 2.00 bits per heavy atom. The number of thioether (sulfide) groups is 1. The standard InChI is InChI=1S/C14H18N6S/c1-21-11-6-4-5-10(9-11)16-13-17-12(15)18-14(19-13)20-7-2-3-8-20/h4-6,9H,2-3,7-8H2,1H3,(H3,15,16,17,18,19). The highest BCUT2D eigenvalue weighted by molar-refractivity contribution is 7.98. The molecular weight excluding hydrogens is 284 g/mol. The lowest BCUT2D eigenvalue weighted by Gasteiger charge is -2.16. The van der Waals surface area contributed by atoms with Gasteiger partial charge in [-0.05, 0) is 37.3 Å². The Balaban J connectivity index is 1.84. The summed E-state index contributed by atoms with van der Waals surface area (Å²) < 4.78 is 0. The SMILES string of the molecule is CSc1cccc(Nc2nc(N)nc(N3CCCC3)n2)c1. The molecule has 1 aromatic heterocycles. The molecular formula is C14H18N6S. The lowest BCUT2D eigenvalue weighted by molar-refractivity contribution is 0.887.